The van der Waals surface area contributed by atoms with Gasteiger partial charge in [-0.15, -0.1) is 11.3 Å². The molecule has 1 N–H and O–H groups in total. The van der Waals surface area contributed by atoms with Gasteiger partial charge in [-0.1, -0.05) is 18.5 Å². The molecular weight excluding hydrogens is 332 g/mol. The topological polar surface area (TPSA) is 24.9 Å². The van der Waals surface area contributed by atoms with Crippen LogP contribution in [-0.2, 0) is 6.42 Å². The van der Waals surface area contributed by atoms with Crippen LogP contribution in [0.3, 0.4) is 0 Å². The van der Waals surface area contributed by atoms with Crippen LogP contribution in [0.25, 0.3) is 0 Å². The largest absolute Gasteiger partial charge is 0.310 e. The van der Waals surface area contributed by atoms with E-state index in [1.165, 1.54) is 4.88 Å². The molecule has 0 saturated heterocycles. The Morgan fingerprint density at radius 3 is 3.00 bits per heavy atom. The molecule has 0 aliphatic rings. The van der Waals surface area contributed by atoms with Crippen LogP contribution in [0.1, 0.15) is 23.4 Å². The molecule has 2 aromatic rings. The first-order valence-corrected chi connectivity index (χ1v) is 7.81. The second-order valence-corrected chi connectivity index (χ2v) is 6.26. The van der Waals surface area contributed by atoms with Crippen molar-refractivity contribution in [3.63, 3.8) is 0 Å². The Hall–Kier alpha value is -0.420. The van der Waals surface area contributed by atoms with Crippen LogP contribution in [0.2, 0.25) is 5.02 Å². The summed E-state index contributed by atoms with van der Waals surface area (Å²) in [6.07, 6.45) is 4.43. The van der Waals surface area contributed by atoms with Crippen LogP contribution in [0, 0.1) is 0 Å². The van der Waals surface area contributed by atoms with Crippen molar-refractivity contribution < 1.29 is 0 Å². The van der Waals surface area contributed by atoms with E-state index in [2.05, 4.69) is 44.6 Å². The molecule has 0 spiro atoms. The number of hydrogen-bond donors (Lipinski definition) is 1. The average Bonchev–Trinajstić information content (AvgIpc) is 2.75. The van der Waals surface area contributed by atoms with E-state index in [9.17, 15) is 0 Å². The van der Waals surface area contributed by atoms with Crippen molar-refractivity contribution in [2.75, 3.05) is 6.54 Å². The predicted octanol–water partition coefficient (Wildman–Crippen LogP) is 4.45. The quantitative estimate of drug-likeness (QED) is 0.866. The minimum Gasteiger partial charge on any atom is -0.310 e. The van der Waals surface area contributed by atoms with Crippen molar-refractivity contribution in [3.05, 3.63) is 49.8 Å². The van der Waals surface area contributed by atoms with E-state index in [1.807, 2.05) is 6.07 Å². The summed E-state index contributed by atoms with van der Waals surface area (Å²) in [4.78, 5) is 5.37. The minimum atomic E-state index is 0.232. The fourth-order valence-corrected chi connectivity index (χ4v) is 3.62. The van der Waals surface area contributed by atoms with Crippen LogP contribution < -0.4 is 5.32 Å². The number of pyridine rings is 1. The zero-order valence-electron chi connectivity index (χ0n) is 9.99. The maximum atomic E-state index is 6.22. The van der Waals surface area contributed by atoms with E-state index >= 15 is 0 Å². The lowest BCUT2D eigenvalue weighted by Crippen LogP contribution is -2.23. The highest BCUT2D eigenvalue weighted by Gasteiger charge is 2.15. The summed E-state index contributed by atoms with van der Waals surface area (Å²) in [7, 11) is 0. The Kier molecular flexibility index (Phi) is 5.18. The second-order valence-electron chi connectivity index (χ2n) is 3.94. The van der Waals surface area contributed by atoms with Gasteiger partial charge < -0.3 is 5.32 Å². The van der Waals surface area contributed by atoms with Gasteiger partial charge in [-0.25, -0.2) is 0 Å². The molecule has 5 heteroatoms. The zero-order chi connectivity index (χ0) is 13.0. The molecule has 2 rings (SSSR count). The van der Waals surface area contributed by atoms with E-state index in [-0.39, 0.29) is 6.04 Å². The van der Waals surface area contributed by atoms with Crippen molar-refractivity contribution in [2.24, 2.45) is 0 Å². The fraction of sp³-hybridized carbons (Fsp3) is 0.308. The Bertz CT molecular complexity index is 515. The standard InChI is InChI=1S/C13H14BrClN2S/c1-2-17-13(6-10-5-9(14)8-18-10)11-3-4-16-7-12(11)15/h3-5,7-8,13,17H,2,6H2,1H3. The molecule has 2 heterocycles. The van der Waals surface area contributed by atoms with Gasteiger partial charge in [-0.05, 0) is 40.2 Å². The first-order chi connectivity index (χ1) is 8.70. The molecule has 1 unspecified atom stereocenters. The zero-order valence-corrected chi connectivity index (χ0v) is 13.1. The van der Waals surface area contributed by atoms with E-state index in [0.717, 1.165) is 28.0 Å². The van der Waals surface area contributed by atoms with Crippen molar-refractivity contribution >= 4 is 38.9 Å². The number of nitrogens with zero attached hydrogens (tertiary/aromatic N) is 1. The number of thiophene rings is 1. The normalized spacial score (nSPS) is 12.6. The maximum absolute atomic E-state index is 6.22. The highest BCUT2D eigenvalue weighted by atomic mass is 79.9. The molecule has 0 saturated carbocycles. The molecule has 0 aliphatic heterocycles. The first-order valence-electron chi connectivity index (χ1n) is 5.76. The van der Waals surface area contributed by atoms with E-state index in [1.54, 1.807) is 23.7 Å². The molecule has 0 aromatic carbocycles. The molecule has 2 nitrogen and oxygen atoms in total. The van der Waals surface area contributed by atoms with E-state index in [0.29, 0.717) is 0 Å². The Labute approximate surface area is 125 Å². The lowest BCUT2D eigenvalue weighted by molar-refractivity contribution is 0.553. The van der Waals surface area contributed by atoms with Gasteiger partial charge in [0.2, 0.25) is 0 Å². The minimum absolute atomic E-state index is 0.232. The van der Waals surface area contributed by atoms with Crippen LogP contribution in [0.15, 0.2) is 34.4 Å². The lowest BCUT2D eigenvalue weighted by atomic mass is 10.0. The van der Waals surface area contributed by atoms with E-state index in [4.69, 9.17) is 11.6 Å². The van der Waals surface area contributed by atoms with Crippen molar-refractivity contribution in [1.29, 1.82) is 0 Å². The number of rotatable bonds is 5. The summed E-state index contributed by atoms with van der Waals surface area (Å²) in [5.74, 6) is 0. The Morgan fingerprint density at radius 2 is 2.39 bits per heavy atom. The molecule has 96 valence electrons. The highest BCUT2D eigenvalue weighted by Crippen LogP contribution is 2.28. The van der Waals surface area contributed by atoms with Crippen molar-refractivity contribution in [2.45, 2.75) is 19.4 Å². The summed E-state index contributed by atoms with van der Waals surface area (Å²) in [6.45, 7) is 3.02. The molecule has 0 radical (unpaired) electrons. The van der Waals surface area contributed by atoms with Crippen LogP contribution in [0.4, 0.5) is 0 Å². The summed E-state index contributed by atoms with van der Waals surface area (Å²) in [5.41, 5.74) is 1.11. The number of halogens is 2. The van der Waals surface area contributed by atoms with Crippen LogP contribution in [0.5, 0.6) is 0 Å². The molecule has 0 bridgehead atoms. The SMILES string of the molecule is CCNC(Cc1cc(Br)cs1)c1ccncc1Cl. The van der Waals surface area contributed by atoms with Crippen LogP contribution >= 0.6 is 38.9 Å². The molecule has 18 heavy (non-hydrogen) atoms. The summed E-state index contributed by atoms with van der Waals surface area (Å²) < 4.78 is 1.14. The predicted molar refractivity (Wildman–Crippen MR) is 81.4 cm³/mol. The van der Waals surface area contributed by atoms with E-state index < -0.39 is 0 Å². The number of hydrogen-bond acceptors (Lipinski definition) is 3. The highest BCUT2D eigenvalue weighted by molar-refractivity contribution is 9.10. The molecular formula is C13H14BrClN2S. The van der Waals surface area contributed by atoms with Gasteiger partial charge in [0.05, 0.1) is 5.02 Å². The summed E-state index contributed by atoms with van der Waals surface area (Å²) >= 11 is 11.5. The summed E-state index contributed by atoms with van der Waals surface area (Å²) in [6, 6.07) is 4.37. The third-order valence-electron chi connectivity index (χ3n) is 2.66. The third kappa shape index (κ3) is 3.54. The Morgan fingerprint density at radius 1 is 1.56 bits per heavy atom. The van der Waals surface area contributed by atoms with Gasteiger partial charge in [0.15, 0.2) is 0 Å². The third-order valence-corrected chi connectivity index (χ3v) is 4.69. The van der Waals surface area contributed by atoms with Gasteiger partial charge >= 0.3 is 0 Å². The van der Waals surface area contributed by atoms with Crippen molar-refractivity contribution in [1.82, 2.24) is 10.3 Å². The molecule has 0 fully saturated rings. The molecule has 2 aromatic heterocycles. The smallest absolute Gasteiger partial charge is 0.0637 e. The lowest BCUT2D eigenvalue weighted by Gasteiger charge is -2.18. The average molecular weight is 346 g/mol. The fourth-order valence-electron chi connectivity index (χ4n) is 1.87. The second kappa shape index (κ2) is 6.66. The van der Waals surface area contributed by atoms with Gasteiger partial charge in [0.25, 0.3) is 0 Å². The first kappa shape index (κ1) is 14.0. The van der Waals surface area contributed by atoms with Gasteiger partial charge in [0, 0.05) is 39.6 Å². The molecule has 1 atom stereocenters. The molecule has 0 aliphatic carbocycles. The van der Waals surface area contributed by atoms with Gasteiger partial charge in [0.1, 0.15) is 0 Å². The van der Waals surface area contributed by atoms with Gasteiger partial charge in [-0.2, -0.15) is 0 Å². The number of likely N-dealkylation sites (N-methyl/N-ethyl adjacent to an activating group) is 1. The van der Waals surface area contributed by atoms with Gasteiger partial charge in [-0.3, -0.25) is 4.98 Å². The summed E-state index contributed by atoms with van der Waals surface area (Å²) in [5, 5.41) is 6.30. The maximum Gasteiger partial charge on any atom is 0.0637 e. The number of nitrogens with one attached hydrogen (secondary N) is 1. The van der Waals surface area contributed by atoms with Crippen LogP contribution in [-0.4, -0.2) is 11.5 Å². The molecule has 0 amide bonds. The monoisotopic (exact) mass is 344 g/mol. The Balaban J connectivity index is 2.20. The van der Waals surface area contributed by atoms with Crippen molar-refractivity contribution in [3.8, 4) is 0 Å². The number of aromatic nitrogens is 1.